The van der Waals surface area contributed by atoms with E-state index in [4.69, 9.17) is 0 Å². The molecule has 3 aromatic rings. The molecule has 0 radical (unpaired) electrons. The maximum atomic E-state index is 11.8. The number of thiazole rings is 1. The summed E-state index contributed by atoms with van der Waals surface area (Å²) >= 11 is 3.13. The van der Waals surface area contributed by atoms with Gasteiger partial charge in [-0.3, -0.25) is 9.48 Å². The number of carbonyl (C=O) groups excluding carboxylic acids is 1. The van der Waals surface area contributed by atoms with Crippen LogP contribution in [0.25, 0.3) is 11.3 Å². The number of rotatable bonds is 5. The van der Waals surface area contributed by atoms with Crippen molar-refractivity contribution in [2.24, 2.45) is 0 Å². The molecule has 0 saturated heterocycles. The molecule has 0 spiro atoms. The maximum Gasteiger partial charge on any atom is 0.270 e. The zero-order chi connectivity index (χ0) is 14.7. The molecule has 0 aliphatic rings. The summed E-state index contributed by atoms with van der Waals surface area (Å²) in [7, 11) is 0. The van der Waals surface area contributed by atoms with Crippen LogP contribution < -0.4 is 5.32 Å². The van der Waals surface area contributed by atoms with Crippen LogP contribution in [0.15, 0.2) is 34.5 Å². The van der Waals surface area contributed by atoms with Crippen LogP contribution in [0.2, 0.25) is 0 Å². The molecule has 21 heavy (non-hydrogen) atoms. The number of hydrogen-bond donors (Lipinski definition) is 1. The summed E-state index contributed by atoms with van der Waals surface area (Å²) in [5.74, 6) is -0.135. The topological polar surface area (TPSA) is 59.8 Å². The standard InChI is InChI=1S/C14H14N4OS2/c1-10-16-13(9-21-10)14(19)15-4-6-18-5-2-12(17-18)11-3-7-20-8-11/h2-3,5,7-9H,4,6H2,1H3,(H,15,19). The van der Waals surface area contributed by atoms with Gasteiger partial charge in [0.25, 0.3) is 5.91 Å². The fourth-order valence-electron chi connectivity index (χ4n) is 1.89. The molecule has 3 rings (SSSR count). The first kappa shape index (κ1) is 14.0. The number of aryl methyl sites for hydroxylation is 1. The lowest BCUT2D eigenvalue weighted by Crippen LogP contribution is -2.27. The third-order valence-electron chi connectivity index (χ3n) is 2.94. The van der Waals surface area contributed by atoms with E-state index in [1.165, 1.54) is 11.3 Å². The van der Waals surface area contributed by atoms with Gasteiger partial charge in [0.05, 0.1) is 17.2 Å². The van der Waals surface area contributed by atoms with Gasteiger partial charge in [-0.15, -0.1) is 11.3 Å². The van der Waals surface area contributed by atoms with Crippen LogP contribution in [0, 0.1) is 6.92 Å². The minimum Gasteiger partial charge on any atom is -0.349 e. The molecule has 0 aliphatic heterocycles. The zero-order valence-corrected chi connectivity index (χ0v) is 13.1. The third-order valence-corrected chi connectivity index (χ3v) is 4.39. The SMILES string of the molecule is Cc1nc(C(=O)NCCn2ccc(-c3ccsc3)n2)cs1. The first-order chi connectivity index (χ1) is 10.2. The highest BCUT2D eigenvalue weighted by molar-refractivity contribution is 7.09. The number of amides is 1. The monoisotopic (exact) mass is 318 g/mol. The van der Waals surface area contributed by atoms with Crippen molar-refractivity contribution in [1.82, 2.24) is 20.1 Å². The highest BCUT2D eigenvalue weighted by atomic mass is 32.1. The molecule has 7 heteroatoms. The molecule has 0 fully saturated rings. The smallest absolute Gasteiger partial charge is 0.270 e. The fraction of sp³-hybridized carbons (Fsp3) is 0.214. The Morgan fingerprint density at radius 2 is 2.29 bits per heavy atom. The lowest BCUT2D eigenvalue weighted by molar-refractivity contribution is 0.0947. The molecule has 1 amide bonds. The molecular formula is C14H14N4OS2. The second-order valence-corrected chi connectivity index (χ2v) is 6.33. The Kier molecular flexibility index (Phi) is 4.12. The molecule has 1 N–H and O–H groups in total. The van der Waals surface area contributed by atoms with Crippen molar-refractivity contribution in [3.8, 4) is 11.3 Å². The largest absolute Gasteiger partial charge is 0.349 e. The van der Waals surface area contributed by atoms with E-state index in [1.807, 2.05) is 35.3 Å². The third kappa shape index (κ3) is 3.37. The van der Waals surface area contributed by atoms with Gasteiger partial charge in [0.1, 0.15) is 5.69 Å². The predicted octanol–water partition coefficient (Wildman–Crippen LogP) is 2.81. The van der Waals surface area contributed by atoms with Crippen LogP contribution in [-0.4, -0.2) is 27.2 Å². The normalized spacial score (nSPS) is 10.7. The summed E-state index contributed by atoms with van der Waals surface area (Å²) < 4.78 is 1.83. The second kappa shape index (κ2) is 6.19. The fourth-order valence-corrected chi connectivity index (χ4v) is 3.14. The number of carbonyl (C=O) groups is 1. The van der Waals surface area contributed by atoms with Gasteiger partial charge in [-0.1, -0.05) is 0 Å². The summed E-state index contributed by atoms with van der Waals surface area (Å²) in [6, 6.07) is 4.03. The summed E-state index contributed by atoms with van der Waals surface area (Å²) in [5, 5.41) is 14.1. The van der Waals surface area contributed by atoms with Crippen molar-refractivity contribution in [2.45, 2.75) is 13.5 Å². The minimum atomic E-state index is -0.135. The van der Waals surface area contributed by atoms with Crippen LogP contribution in [-0.2, 0) is 6.54 Å². The average molecular weight is 318 g/mol. The van der Waals surface area contributed by atoms with Gasteiger partial charge in [0.2, 0.25) is 0 Å². The molecule has 0 saturated carbocycles. The molecule has 5 nitrogen and oxygen atoms in total. The van der Waals surface area contributed by atoms with E-state index in [-0.39, 0.29) is 5.91 Å². The maximum absolute atomic E-state index is 11.8. The Bertz CT molecular complexity index is 730. The van der Waals surface area contributed by atoms with Crippen LogP contribution in [0.3, 0.4) is 0 Å². The molecule has 0 aromatic carbocycles. The molecular weight excluding hydrogens is 304 g/mol. The minimum absolute atomic E-state index is 0.135. The average Bonchev–Trinajstić information content (AvgIpc) is 3.19. The summed E-state index contributed by atoms with van der Waals surface area (Å²) in [5.41, 5.74) is 2.57. The molecule has 3 heterocycles. The highest BCUT2D eigenvalue weighted by Gasteiger charge is 2.08. The van der Waals surface area contributed by atoms with E-state index in [0.717, 1.165) is 16.3 Å². The van der Waals surface area contributed by atoms with E-state index in [2.05, 4.69) is 20.8 Å². The Hall–Kier alpha value is -1.99. The molecule has 108 valence electrons. The van der Waals surface area contributed by atoms with E-state index in [0.29, 0.717) is 18.8 Å². The van der Waals surface area contributed by atoms with E-state index < -0.39 is 0 Å². The summed E-state index contributed by atoms with van der Waals surface area (Å²) in [4.78, 5) is 16.0. The van der Waals surface area contributed by atoms with Gasteiger partial charge < -0.3 is 5.32 Å². The Balaban J connectivity index is 1.53. The van der Waals surface area contributed by atoms with Crippen molar-refractivity contribution < 1.29 is 4.79 Å². The van der Waals surface area contributed by atoms with Crippen molar-refractivity contribution in [3.05, 3.63) is 45.2 Å². The Labute approximate surface area is 130 Å². The number of nitrogens with one attached hydrogen (secondary N) is 1. The molecule has 0 aliphatic carbocycles. The van der Waals surface area contributed by atoms with Gasteiger partial charge in [0, 0.05) is 29.1 Å². The molecule has 0 bridgehead atoms. The van der Waals surface area contributed by atoms with E-state index >= 15 is 0 Å². The van der Waals surface area contributed by atoms with Gasteiger partial charge in [0.15, 0.2) is 0 Å². The lowest BCUT2D eigenvalue weighted by Gasteiger charge is -2.03. The van der Waals surface area contributed by atoms with E-state index in [9.17, 15) is 4.79 Å². The molecule has 0 atom stereocenters. The molecule has 0 unspecified atom stereocenters. The second-order valence-electron chi connectivity index (χ2n) is 4.48. The van der Waals surface area contributed by atoms with Gasteiger partial charge in [-0.05, 0) is 24.4 Å². The number of hydrogen-bond acceptors (Lipinski definition) is 5. The number of aromatic nitrogens is 3. The Morgan fingerprint density at radius 1 is 1.38 bits per heavy atom. The Morgan fingerprint density at radius 3 is 3.00 bits per heavy atom. The number of nitrogens with zero attached hydrogens (tertiary/aromatic N) is 3. The highest BCUT2D eigenvalue weighted by Crippen LogP contribution is 2.19. The van der Waals surface area contributed by atoms with Crippen molar-refractivity contribution in [2.75, 3.05) is 6.54 Å². The zero-order valence-electron chi connectivity index (χ0n) is 11.4. The molecule has 3 aromatic heterocycles. The van der Waals surface area contributed by atoms with Crippen molar-refractivity contribution in [1.29, 1.82) is 0 Å². The predicted molar refractivity (Wildman–Crippen MR) is 84.7 cm³/mol. The number of thiophene rings is 1. The van der Waals surface area contributed by atoms with Gasteiger partial charge >= 0.3 is 0 Å². The van der Waals surface area contributed by atoms with Crippen LogP contribution >= 0.6 is 22.7 Å². The van der Waals surface area contributed by atoms with Crippen LogP contribution in [0.4, 0.5) is 0 Å². The van der Waals surface area contributed by atoms with Crippen molar-refractivity contribution >= 4 is 28.6 Å². The summed E-state index contributed by atoms with van der Waals surface area (Å²) in [6.45, 7) is 3.05. The van der Waals surface area contributed by atoms with Gasteiger partial charge in [-0.25, -0.2) is 4.98 Å². The summed E-state index contributed by atoms with van der Waals surface area (Å²) in [6.07, 6.45) is 1.92. The van der Waals surface area contributed by atoms with Crippen LogP contribution in [0.1, 0.15) is 15.5 Å². The lowest BCUT2D eigenvalue weighted by atomic mass is 10.2. The quantitative estimate of drug-likeness (QED) is 0.787. The van der Waals surface area contributed by atoms with Crippen LogP contribution in [0.5, 0.6) is 0 Å². The first-order valence-electron chi connectivity index (χ1n) is 6.49. The van der Waals surface area contributed by atoms with E-state index in [1.54, 1.807) is 16.7 Å². The van der Waals surface area contributed by atoms with Gasteiger partial charge in [-0.2, -0.15) is 16.4 Å². The van der Waals surface area contributed by atoms with Crippen molar-refractivity contribution in [3.63, 3.8) is 0 Å². The first-order valence-corrected chi connectivity index (χ1v) is 8.31.